The summed E-state index contributed by atoms with van der Waals surface area (Å²) in [5.41, 5.74) is 2.25. The maximum Gasteiger partial charge on any atom is 0.102 e. The van der Waals surface area contributed by atoms with E-state index in [-0.39, 0.29) is 0 Å². The van der Waals surface area contributed by atoms with Gasteiger partial charge in [0.25, 0.3) is 0 Å². The number of unbranched alkanes of at least 4 members (excludes halogenated alkanes) is 7. The lowest BCUT2D eigenvalue weighted by molar-refractivity contribution is 0.439. The fraction of sp³-hybridized carbons (Fsp3) is 0.588. The monoisotopic (exact) mass is 262 g/mol. The van der Waals surface area contributed by atoms with Gasteiger partial charge in [-0.3, -0.25) is 0 Å². The molecule has 1 aliphatic heterocycles. The van der Waals surface area contributed by atoms with Crippen LogP contribution in [0.5, 0.6) is 0 Å². The van der Waals surface area contributed by atoms with Crippen LogP contribution in [0.4, 0.5) is 0 Å². The van der Waals surface area contributed by atoms with Gasteiger partial charge in [-0.2, -0.15) is 0 Å². The summed E-state index contributed by atoms with van der Waals surface area (Å²) in [4.78, 5) is 2.19. The van der Waals surface area contributed by atoms with E-state index in [1.165, 1.54) is 51.4 Å². The van der Waals surface area contributed by atoms with Crippen LogP contribution in [0.25, 0.3) is 0 Å². The van der Waals surface area contributed by atoms with E-state index in [2.05, 4.69) is 48.8 Å². The van der Waals surface area contributed by atoms with Crippen LogP contribution in [-0.4, -0.2) is 11.4 Å². The average molecular weight is 262 g/mol. The first-order valence-electron chi connectivity index (χ1n) is 7.44. The van der Waals surface area contributed by atoms with Crippen LogP contribution < -0.4 is 5.32 Å². The van der Waals surface area contributed by atoms with Crippen molar-refractivity contribution in [1.29, 1.82) is 0 Å². The van der Waals surface area contributed by atoms with Gasteiger partial charge in [0.05, 0.1) is 0 Å². The van der Waals surface area contributed by atoms with E-state index >= 15 is 0 Å². The molecule has 1 rings (SSSR count). The lowest BCUT2D eigenvalue weighted by atomic mass is 10.1. The number of hydrogen-bond donors (Lipinski definition) is 1. The topological polar surface area (TPSA) is 15.3 Å². The zero-order valence-corrected chi connectivity index (χ0v) is 12.6. The Hall–Kier alpha value is -1.40. The van der Waals surface area contributed by atoms with Crippen LogP contribution in [0, 0.1) is 0 Å². The predicted octanol–water partition coefficient (Wildman–Crippen LogP) is 4.93. The molecule has 0 spiro atoms. The molecule has 2 heteroatoms. The number of rotatable bonds is 9. The van der Waals surface area contributed by atoms with Crippen LogP contribution in [0.1, 0.15) is 58.3 Å². The molecule has 0 aromatic rings. The Morgan fingerprint density at radius 1 is 1.05 bits per heavy atom. The standard InChI is InChI=1S/C14H26N2.C3H4/c1-3-4-5-6-7-8-9-10-12-16-13-11-15-14(16)2;1-3-2/h11,13,15H,2-10,12H2,1H3;1-2H2. The summed E-state index contributed by atoms with van der Waals surface area (Å²) in [7, 11) is 0. The van der Waals surface area contributed by atoms with Gasteiger partial charge >= 0.3 is 0 Å². The molecule has 0 atom stereocenters. The fourth-order valence-corrected chi connectivity index (χ4v) is 2.02. The SMILES string of the molecule is C=C1NC=CN1CCCCCCCCCC.C=C=C. The largest absolute Gasteiger partial charge is 0.347 e. The summed E-state index contributed by atoms with van der Waals surface area (Å²) in [6.07, 6.45) is 15.0. The smallest absolute Gasteiger partial charge is 0.102 e. The van der Waals surface area contributed by atoms with Crippen molar-refractivity contribution in [3.8, 4) is 0 Å². The molecule has 0 saturated heterocycles. The molecular weight excluding hydrogens is 232 g/mol. The molecule has 2 nitrogen and oxygen atoms in total. The Balaban J connectivity index is 0.000000982. The van der Waals surface area contributed by atoms with Gasteiger partial charge in [-0.1, -0.05) is 71.6 Å². The number of nitrogens with zero attached hydrogens (tertiary/aromatic N) is 1. The first-order valence-corrected chi connectivity index (χ1v) is 7.44. The highest BCUT2D eigenvalue weighted by atomic mass is 15.3. The van der Waals surface area contributed by atoms with Gasteiger partial charge in [-0.25, -0.2) is 0 Å². The molecule has 0 radical (unpaired) electrons. The molecule has 0 fully saturated rings. The van der Waals surface area contributed by atoms with Crippen LogP contribution in [0.3, 0.4) is 0 Å². The third-order valence-electron chi connectivity index (χ3n) is 3.10. The Kier molecular flexibility index (Phi) is 12.1. The highest BCUT2D eigenvalue weighted by Crippen LogP contribution is 2.11. The van der Waals surface area contributed by atoms with Crippen molar-refractivity contribution in [1.82, 2.24) is 10.2 Å². The Labute approximate surface area is 119 Å². The molecule has 0 amide bonds. The number of hydrogen-bond acceptors (Lipinski definition) is 2. The van der Waals surface area contributed by atoms with Crippen molar-refractivity contribution in [3.05, 3.63) is 43.7 Å². The third-order valence-corrected chi connectivity index (χ3v) is 3.10. The minimum absolute atomic E-state index is 1.02. The first-order chi connectivity index (χ1) is 9.26. The zero-order valence-electron chi connectivity index (χ0n) is 12.6. The molecular formula is C17H30N2. The maximum absolute atomic E-state index is 3.94. The molecule has 1 heterocycles. The molecule has 1 N–H and O–H groups in total. The Bertz CT molecular complexity index is 286. The van der Waals surface area contributed by atoms with Gasteiger partial charge in [-0.05, 0) is 6.42 Å². The average Bonchev–Trinajstić information content (AvgIpc) is 2.79. The minimum atomic E-state index is 1.02. The summed E-state index contributed by atoms with van der Waals surface area (Å²) in [6.45, 7) is 13.6. The molecule has 0 aromatic carbocycles. The minimum Gasteiger partial charge on any atom is -0.347 e. The van der Waals surface area contributed by atoms with Crippen molar-refractivity contribution in [2.45, 2.75) is 58.3 Å². The van der Waals surface area contributed by atoms with Crippen LogP contribution in [0.2, 0.25) is 0 Å². The molecule has 19 heavy (non-hydrogen) atoms. The van der Waals surface area contributed by atoms with E-state index in [0.29, 0.717) is 0 Å². The Morgan fingerprint density at radius 2 is 1.58 bits per heavy atom. The van der Waals surface area contributed by atoms with Crippen LogP contribution in [0.15, 0.2) is 43.7 Å². The molecule has 1 aliphatic rings. The van der Waals surface area contributed by atoms with E-state index in [9.17, 15) is 0 Å². The first kappa shape index (κ1) is 17.6. The van der Waals surface area contributed by atoms with E-state index in [1.54, 1.807) is 0 Å². The summed E-state index contributed by atoms with van der Waals surface area (Å²) >= 11 is 0. The van der Waals surface area contributed by atoms with Gasteiger partial charge < -0.3 is 10.2 Å². The van der Waals surface area contributed by atoms with E-state index < -0.39 is 0 Å². The lowest BCUT2D eigenvalue weighted by Crippen LogP contribution is -2.18. The van der Waals surface area contributed by atoms with Gasteiger partial charge in [-0.15, -0.1) is 5.73 Å². The summed E-state index contributed by atoms with van der Waals surface area (Å²) in [5, 5.41) is 3.10. The second-order valence-corrected chi connectivity index (χ2v) is 4.83. The second-order valence-electron chi connectivity index (χ2n) is 4.83. The van der Waals surface area contributed by atoms with Gasteiger partial charge in [0, 0.05) is 18.9 Å². The van der Waals surface area contributed by atoms with Crippen molar-refractivity contribution in [2.24, 2.45) is 0 Å². The van der Waals surface area contributed by atoms with E-state index in [4.69, 9.17) is 0 Å². The molecule has 0 aliphatic carbocycles. The van der Waals surface area contributed by atoms with Gasteiger partial charge in [0.2, 0.25) is 0 Å². The molecule has 0 saturated carbocycles. The highest BCUT2D eigenvalue weighted by Gasteiger charge is 2.06. The van der Waals surface area contributed by atoms with Crippen molar-refractivity contribution in [2.75, 3.05) is 6.54 Å². The lowest BCUT2D eigenvalue weighted by Gasteiger charge is -2.16. The zero-order chi connectivity index (χ0) is 14.3. The van der Waals surface area contributed by atoms with Crippen LogP contribution in [-0.2, 0) is 0 Å². The van der Waals surface area contributed by atoms with E-state index in [1.807, 2.05) is 6.20 Å². The van der Waals surface area contributed by atoms with Gasteiger partial charge in [0.1, 0.15) is 5.82 Å². The second kappa shape index (κ2) is 13.0. The van der Waals surface area contributed by atoms with E-state index in [0.717, 1.165) is 12.4 Å². The maximum atomic E-state index is 3.94. The van der Waals surface area contributed by atoms with Crippen molar-refractivity contribution < 1.29 is 0 Å². The summed E-state index contributed by atoms with van der Waals surface area (Å²) in [6, 6.07) is 0. The molecule has 0 aromatic heterocycles. The molecule has 0 bridgehead atoms. The van der Waals surface area contributed by atoms with Crippen molar-refractivity contribution in [3.63, 3.8) is 0 Å². The summed E-state index contributed by atoms with van der Waals surface area (Å²) < 4.78 is 0. The molecule has 108 valence electrons. The highest BCUT2D eigenvalue weighted by molar-refractivity contribution is 5.08. The summed E-state index contributed by atoms with van der Waals surface area (Å²) in [5.74, 6) is 1.02. The fourth-order valence-electron chi connectivity index (χ4n) is 2.02. The Morgan fingerprint density at radius 3 is 2.05 bits per heavy atom. The normalized spacial score (nSPS) is 12.7. The third kappa shape index (κ3) is 10.2. The molecule has 0 unspecified atom stereocenters. The van der Waals surface area contributed by atoms with Crippen molar-refractivity contribution >= 4 is 0 Å². The van der Waals surface area contributed by atoms with Gasteiger partial charge in [0.15, 0.2) is 0 Å². The predicted molar refractivity (Wildman–Crippen MR) is 85.5 cm³/mol. The van der Waals surface area contributed by atoms with Crippen LogP contribution >= 0.6 is 0 Å². The number of nitrogens with one attached hydrogen (secondary N) is 1. The quantitative estimate of drug-likeness (QED) is 0.468.